The Morgan fingerprint density at radius 2 is 2.30 bits per heavy atom. The molecule has 0 aliphatic carbocycles. The van der Waals surface area contributed by atoms with Crippen LogP contribution in [0.4, 0.5) is 11.4 Å². The van der Waals surface area contributed by atoms with Gasteiger partial charge in [-0.05, 0) is 32.2 Å². The van der Waals surface area contributed by atoms with Crippen LogP contribution in [0.2, 0.25) is 0 Å². The summed E-state index contributed by atoms with van der Waals surface area (Å²) in [5.41, 5.74) is 6.79. The zero-order chi connectivity index (χ0) is 15.1. The number of rotatable bonds is 6. The Morgan fingerprint density at radius 3 is 2.90 bits per heavy atom. The molecule has 6 heteroatoms. The molecule has 1 amide bonds. The topological polar surface area (TPSA) is 91.4 Å². The van der Waals surface area contributed by atoms with Crippen molar-refractivity contribution in [3.8, 4) is 11.8 Å². The van der Waals surface area contributed by atoms with Crippen LogP contribution >= 0.6 is 0 Å². The molecule has 0 radical (unpaired) electrons. The van der Waals surface area contributed by atoms with Crippen LogP contribution in [0, 0.1) is 11.3 Å². The van der Waals surface area contributed by atoms with Gasteiger partial charge in [0.15, 0.2) is 0 Å². The van der Waals surface area contributed by atoms with Crippen molar-refractivity contribution in [1.29, 1.82) is 5.26 Å². The molecule has 0 saturated carbocycles. The minimum Gasteiger partial charge on any atom is -0.495 e. The highest BCUT2D eigenvalue weighted by Gasteiger charge is 2.19. The molecule has 1 atom stereocenters. The van der Waals surface area contributed by atoms with Crippen molar-refractivity contribution < 1.29 is 9.53 Å². The number of ether oxygens (including phenoxy) is 1. The third-order valence-corrected chi connectivity index (χ3v) is 3.10. The lowest BCUT2D eigenvalue weighted by Crippen LogP contribution is -2.40. The van der Waals surface area contributed by atoms with Gasteiger partial charge < -0.3 is 15.8 Å². The number of hydrogen-bond donors (Lipinski definition) is 2. The van der Waals surface area contributed by atoms with Crippen LogP contribution in [0.3, 0.4) is 0 Å². The SMILES string of the molecule is COc1ccc(N)cc1NC(=O)C(C)N(C)CCC#N. The van der Waals surface area contributed by atoms with Gasteiger partial charge in [0.25, 0.3) is 0 Å². The minimum absolute atomic E-state index is 0.172. The zero-order valence-electron chi connectivity index (χ0n) is 12.0. The molecule has 0 spiro atoms. The Labute approximate surface area is 119 Å². The number of benzene rings is 1. The number of nitrogens with one attached hydrogen (secondary N) is 1. The molecule has 1 aromatic carbocycles. The average molecular weight is 276 g/mol. The summed E-state index contributed by atoms with van der Waals surface area (Å²) < 4.78 is 5.18. The summed E-state index contributed by atoms with van der Waals surface area (Å²) in [6.45, 7) is 2.32. The molecule has 1 unspecified atom stereocenters. The van der Waals surface area contributed by atoms with Crippen molar-refractivity contribution in [2.75, 3.05) is 31.8 Å². The Hall–Kier alpha value is -2.26. The fourth-order valence-electron chi connectivity index (χ4n) is 1.68. The van der Waals surface area contributed by atoms with Gasteiger partial charge in [-0.1, -0.05) is 0 Å². The smallest absolute Gasteiger partial charge is 0.241 e. The summed E-state index contributed by atoms with van der Waals surface area (Å²) in [5.74, 6) is 0.383. The molecule has 0 aromatic heterocycles. The van der Waals surface area contributed by atoms with Crippen LogP contribution in [-0.4, -0.2) is 37.6 Å². The lowest BCUT2D eigenvalue weighted by Gasteiger charge is -2.23. The first-order chi connectivity index (χ1) is 9.49. The van der Waals surface area contributed by atoms with Crippen molar-refractivity contribution in [2.45, 2.75) is 19.4 Å². The standard InChI is InChI=1S/C14H20N4O2/c1-10(18(2)8-4-7-15)14(19)17-12-9-11(16)5-6-13(12)20-3/h5-6,9-10H,4,8,16H2,1-3H3,(H,17,19). The Morgan fingerprint density at radius 1 is 1.60 bits per heavy atom. The lowest BCUT2D eigenvalue weighted by atomic mass is 10.2. The highest BCUT2D eigenvalue weighted by Crippen LogP contribution is 2.26. The summed E-state index contributed by atoms with van der Waals surface area (Å²) in [5, 5.41) is 11.4. The van der Waals surface area contributed by atoms with Crippen LogP contribution in [0.1, 0.15) is 13.3 Å². The number of amides is 1. The van der Waals surface area contributed by atoms with E-state index in [4.69, 9.17) is 15.7 Å². The number of methoxy groups -OCH3 is 1. The first-order valence-electron chi connectivity index (χ1n) is 6.31. The van der Waals surface area contributed by atoms with Gasteiger partial charge in [-0.15, -0.1) is 0 Å². The van der Waals surface area contributed by atoms with E-state index in [-0.39, 0.29) is 11.9 Å². The van der Waals surface area contributed by atoms with Gasteiger partial charge in [0.05, 0.1) is 24.9 Å². The fraction of sp³-hybridized carbons (Fsp3) is 0.429. The molecule has 20 heavy (non-hydrogen) atoms. The molecule has 3 N–H and O–H groups in total. The Balaban J connectivity index is 2.75. The number of carbonyl (C=O) groups excluding carboxylic acids is 1. The largest absolute Gasteiger partial charge is 0.495 e. The summed E-state index contributed by atoms with van der Waals surface area (Å²) in [4.78, 5) is 14.0. The van der Waals surface area contributed by atoms with Gasteiger partial charge in [0, 0.05) is 18.7 Å². The molecule has 108 valence electrons. The van der Waals surface area contributed by atoms with Crippen molar-refractivity contribution >= 4 is 17.3 Å². The van der Waals surface area contributed by atoms with E-state index >= 15 is 0 Å². The second-order valence-electron chi connectivity index (χ2n) is 4.51. The van der Waals surface area contributed by atoms with Crippen LogP contribution in [0.25, 0.3) is 0 Å². The number of nitrogens with zero attached hydrogens (tertiary/aromatic N) is 2. The van der Waals surface area contributed by atoms with E-state index in [1.54, 1.807) is 32.2 Å². The number of hydrogen-bond acceptors (Lipinski definition) is 5. The van der Waals surface area contributed by atoms with E-state index in [1.165, 1.54) is 7.11 Å². The molecule has 1 rings (SSSR count). The van der Waals surface area contributed by atoms with Crippen LogP contribution in [0.15, 0.2) is 18.2 Å². The summed E-state index contributed by atoms with van der Waals surface area (Å²) in [7, 11) is 3.34. The number of anilines is 2. The molecule has 0 saturated heterocycles. The van der Waals surface area contributed by atoms with Crippen LogP contribution in [-0.2, 0) is 4.79 Å². The van der Waals surface area contributed by atoms with E-state index in [0.717, 1.165) is 0 Å². The second kappa shape index (κ2) is 7.36. The maximum absolute atomic E-state index is 12.2. The van der Waals surface area contributed by atoms with E-state index in [9.17, 15) is 4.79 Å². The summed E-state index contributed by atoms with van der Waals surface area (Å²) in [6.07, 6.45) is 0.385. The number of nitriles is 1. The molecular formula is C14H20N4O2. The molecule has 0 aliphatic rings. The van der Waals surface area contributed by atoms with Gasteiger partial charge in [0.1, 0.15) is 5.75 Å². The first-order valence-corrected chi connectivity index (χ1v) is 6.31. The van der Waals surface area contributed by atoms with E-state index < -0.39 is 0 Å². The second-order valence-corrected chi connectivity index (χ2v) is 4.51. The van der Waals surface area contributed by atoms with Crippen molar-refractivity contribution in [2.24, 2.45) is 0 Å². The predicted octanol–water partition coefficient (Wildman–Crippen LogP) is 1.45. The Kier molecular flexibility index (Phi) is 5.81. The molecule has 0 heterocycles. The van der Waals surface area contributed by atoms with E-state index in [1.807, 2.05) is 4.90 Å². The minimum atomic E-state index is -0.352. The van der Waals surface area contributed by atoms with Gasteiger partial charge >= 0.3 is 0 Å². The third-order valence-electron chi connectivity index (χ3n) is 3.10. The van der Waals surface area contributed by atoms with Crippen LogP contribution in [0.5, 0.6) is 5.75 Å². The van der Waals surface area contributed by atoms with Gasteiger partial charge in [0.2, 0.25) is 5.91 Å². The van der Waals surface area contributed by atoms with Crippen molar-refractivity contribution in [3.63, 3.8) is 0 Å². The quantitative estimate of drug-likeness (QED) is 0.767. The number of carbonyl (C=O) groups is 1. The highest BCUT2D eigenvalue weighted by atomic mass is 16.5. The zero-order valence-corrected chi connectivity index (χ0v) is 12.0. The lowest BCUT2D eigenvalue weighted by molar-refractivity contribution is -0.120. The number of nitrogens with two attached hydrogens (primary N) is 1. The fourth-order valence-corrected chi connectivity index (χ4v) is 1.68. The highest BCUT2D eigenvalue weighted by molar-refractivity contribution is 5.96. The maximum atomic E-state index is 12.2. The third kappa shape index (κ3) is 4.14. The van der Waals surface area contributed by atoms with E-state index in [0.29, 0.717) is 30.1 Å². The Bertz CT molecular complexity index is 510. The average Bonchev–Trinajstić information content (AvgIpc) is 2.44. The maximum Gasteiger partial charge on any atom is 0.241 e. The van der Waals surface area contributed by atoms with Crippen molar-refractivity contribution in [3.05, 3.63) is 18.2 Å². The number of nitrogen functional groups attached to an aromatic ring is 1. The monoisotopic (exact) mass is 276 g/mol. The molecule has 0 aliphatic heterocycles. The summed E-state index contributed by atoms with van der Waals surface area (Å²) >= 11 is 0. The number of likely N-dealkylation sites (N-methyl/N-ethyl adjacent to an activating group) is 1. The normalized spacial score (nSPS) is 11.8. The van der Waals surface area contributed by atoms with Crippen LogP contribution < -0.4 is 15.8 Å². The summed E-state index contributed by atoms with van der Waals surface area (Å²) in [6, 6.07) is 6.77. The molecule has 0 bridgehead atoms. The van der Waals surface area contributed by atoms with Gasteiger partial charge in [-0.2, -0.15) is 5.26 Å². The molecule has 0 fully saturated rings. The molecule has 1 aromatic rings. The van der Waals surface area contributed by atoms with Gasteiger partial charge in [-0.3, -0.25) is 9.69 Å². The molecular weight excluding hydrogens is 256 g/mol. The molecule has 6 nitrogen and oxygen atoms in total. The first kappa shape index (κ1) is 15.8. The predicted molar refractivity (Wildman–Crippen MR) is 78.4 cm³/mol. The van der Waals surface area contributed by atoms with Crippen molar-refractivity contribution in [1.82, 2.24) is 4.90 Å². The van der Waals surface area contributed by atoms with Gasteiger partial charge in [-0.25, -0.2) is 0 Å². The van der Waals surface area contributed by atoms with E-state index in [2.05, 4.69) is 11.4 Å².